The summed E-state index contributed by atoms with van der Waals surface area (Å²) in [6, 6.07) is 10.7. The molecule has 0 radical (unpaired) electrons. The van der Waals surface area contributed by atoms with Crippen LogP contribution in [0.2, 0.25) is 0 Å². The van der Waals surface area contributed by atoms with Gasteiger partial charge in [-0.25, -0.2) is 9.78 Å². The molecule has 1 aromatic heterocycles. The molecule has 0 spiro atoms. The number of aromatic carboxylic acids is 1. The van der Waals surface area contributed by atoms with Crippen molar-refractivity contribution in [2.45, 2.75) is 13.1 Å². The normalized spacial score (nSPS) is 10.5. The Morgan fingerprint density at radius 3 is 2.87 bits per heavy atom. The Kier molecular flexibility index (Phi) is 6.53. The second-order valence-corrected chi connectivity index (χ2v) is 4.92. The lowest BCUT2D eigenvalue weighted by Crippen LogP contribution is -2.15. The molecule has 0 unspecified atom stereocenters. The molecule has 1 aromatic carbocycles. The van der Waals surface area contributed by atoms with Crippen molar-refractivity contribution in [3.05, 3.63) is 59.3 Å². The largest absolute Gasteiger partial charge is 0.478 e. The third kappa shape index (κ3) is 5.36. The minimum absolute atomic E-state index is 0.286. The van der Waals surface area contributed by atoms with E-state index in [1.165, 1.54) is 0 Å². The van der Waals surface area contributed by atoms with E-state index < -0.39 is 5.97 Å². The van der Waals surface area contributed by atoms with Gasteiger partial charge in [0.05, 0.1) is 12.2 Å². The van der Waals surface area contributed by atoms with Crippen LogP contribution in [0, 0.1) is 0 Å². The highest BCUT2D eigenvalue weighted by Gasteiger charge is 2.06. The van der Waals surface area contributed by atoms with Gasteiger partial charge >= 0.3 is 5.97 Å². The summed E-state index contributed by atoms with van der Waals surface area (Å²) in [6.45, 7) is 2.09. The van der Waals surface area contributed by atoms with Crippen molar-refractivity contribution in [2.24, 2.45) is 0 Å². The summed E-state index contributed by atoms with van der Waals surface area (Å²) in [5.41, 5.74) is 2.14. The Labute approximate surface area is 135 Å². The molecule has 2 N–H and O–H groups in total. The number of aromatic nitrogens is 1. The second kappa shape index (κ2) is 8.87. The number of pyridine rings is 1. The first-order chi connectivity index (χ1) is 11.2. The first-order valence-electron chi connectivity index (χ1n) is 7.29. The van der Waals surface area contributed by atoms with E-state index in [1.807, 2.05) is 18.2 Å². The van der Waals surface area contributed by atoms with E-state index in [1.54, 1.807) is 31.5 Å². The van der Waals surface area contributed by atoms with Crippen molar-refractivity contribution < 1.29 is 19.4 Å². The minimum Gasteiger partial charge on any atom is -0.478 e. The average Bonchev–Trinajstić information content (AvgIpc) is 2.57. The molecule has 0 aliphatic rings. The van der Waals surface area contributed by atoms with Crippen molar-refractivity contribution in [1.29, 1.82) is 0 Å². The van der Waals surface area contributed by atoms with Crippen LogP contribution in [0.4, 0.5) is 0 Å². The van der Waals surface area contributed by atoms with Gasteiger partial charge in [0.1, 0.15) is 6.61 Å². The van der Waals surface area contributed by atoms with Crippen molar-refractivity contribution in [3.63, 3.8) is 0 Å². The zero-order valence-electron chi connectivity index (χ0n) is 13.0. The average molecular weight is 316 g/mol. The second-order valence-electron chi connectivity index (χ2n) is 4.92. The van der Waals surface area contributed by atoms with Crippen LogP contribution in [0.3, 0.4) is 0 Å². The molecular weight excluding hydrogens is 296 g/mol. The Morgan fingerprint density at radius 1 is 1.22 bits per heavy atom. The van der Waals surface area contributed by atoms with E-state index in [0.717, 1.165) is 11.1 Å². The molecule has 0 saturated heterocycles. The van der Waals surface area contributed by atoms with E-state index in [0.29, 0.717) is 32.2 Å². The van der Waals surface area contributed by atoms with Gasteiger partial charge in [-0.1, -0.05) is 18.2 Å². The molecule has 2 rings (SSSR count). The molecule has 0 bridgehead atoms. The minimum atomic E-state index is -0.923. The number of carbonyl (C=O) groups is 1. The smallest absolute Gasteiger partial charge is 0.335 e. The maximum atomic E-state index is 11.0. The molecule has 6 heteroatoms. The number of hydrogen-bond acceptors (Lipinski definition) is 5. The fourth-order valence-corrected chi connectivity index (χ4v) is 2.07. The van der Waals surface area contributed by atoms with Gasteiger partial charge in [-0.15, -0.1) is 0 Å². The van der Waals surface area contributed by atoms with Crippen molar-refractivity contribution in [1.82, 2.24) is 10.3 Å². The molecule has 6 nitrogen and oxygen atoms in total. The van der Waals surface area contributed by atoms with Crippen LogP contribution in [0.25, 0.3) is 0 Å². The number of nitrogens with one attached hydrogen (secondary N) is 1. The van der Waals surface area contributed by atoms with Gasteiger partial charge in [-0.05, 0) is 23.8 Å². The van der Waals surface area contributed by atoms with Gasteiger partial charge in [0.2, 0.25) is 5.88 Å². The van der Waals surface area contributed by atoms with Crippen molar-refractivity contribution in [2.75, 3.05) is 20.3 Å². The number of methoxy groups -OCH3 is 1. The molecule has 0 aliphatic heterocycles. The number of ether oxygens (including phenoxy) is 2. The van der Waals surface area contributed by atoms with E-state index in [2.05, 4.69) is 10.3 Å². The SMILES string of the molecule is COCCOc1ncccc1CNCc1cccc(C(=O)O)c1. The number of rotatable bonds is 9. The van der Waals surface area contributed by atoms with Crippen LogP contribution in [-0.4, -0.2) is 36.4 Å². The van der Waals surface area contributed by atoms with Crippen LogP contribution >= 0.6 is 0 Å². The third-order valence-corrected chi connectivity index (χ3v) is 3.19. The highest BCUT2D eigenvalue weighted by Crippen LogP contribution is 2.14. The zero-order valence-corrected chi connectivity index (χ0v) is 13.0. The molecule has 0 atom stereocenters. The maximum absolute atomic E-state index is 11.0. The van der Waals surface area contributed by atoms with Gasteiger partial charge in [-0.2, -0.15) is 0 Å². The highest BCUT2D eigenvalue weighted by molar-refractivity contribution is 5.87. The molecular formula is C17H20N2O4. The fraction of sp³-hybridized carbons (Fsp3) is 0.294. The predicted molar refractivity (Wildman–Crippen MR) is 85.6 cm³/mol. The van der Waals surface area contributed by atoms with Gasteiger partial charge in [0.15, 0.2) is 0 Å². The van der Waals surface area contributed by atoms with Crippen LogP contribution < -0.4 is 10.1 Å². The number of benzene rings is 1. The quantitative estimate of drug-likeness (QED) is 0.690. The standard InChI is InChI=1S/C17H20N2O4/c1-22-8-9-23-16-15(6-3-7-19-16)12-18-11-13-4-2-5-14(10-13)17(20)21/h2-7,10,18H,8-9,11-12H2,1H3,(H,20,21). The Bertz CT molecular complexity index is 646. The lowest BCUT2D eigenvalue weighted by atomic mass is 10.1. The molecule has 1 heterocycles. The van der Waals surface area contributed by atoms with E-state index in [-0.39, 0.29) is 5.56 Å². The molecule has 0 amide bonds. The molecule has 0 aliphatic carbocycles. The summed E-state index contributed by atoms with van der Waals surface area (Å²) in [7, 11) is 1.62. The summed E-state index contributed by atoms with van der Waals surface area (Å²) in [5.74, 6) is -0.343. The lowest BCUT2D eigenvalue weighted by molar-refractivity contribution is 0.0696. The first kappa shape index (κ1) is 16.9. The van der Waals surface area contributed by atoms with Crippen LogP contribution in [0.15, 0.2) is 42.6 Å². The Morgan fingerprint density at radius 2 is 2.09 bits per heavy atom. The summed E-state index contributed by atoms with van der Waals surface area (Å²) in [6.07, 6.45) is 1.68. The first-order valence-corrected chi connectivity index (χ1v) is 7.29. The fourth-order valence-electron chi connectivity index (χ4n) is 2.07. The third-order valence-electron chi connectivity index (χ3n) is 3.19. The van der Waals surface area contributed by atoms with Crippen LogP contribution in [0.1, 0.15) is 21.5 Å². The topological polar surface area (TPSA) is 80.7 Å². The molecule has 0 fully saturated rings. The van der Waals surface area contributed by atoms with Gasteiger partial charge < -0.3 is 19.9 Å². The summed E-state index contributed by atoms with van der Waals surface area (Å²) < 4.78 is 10.5. The molecule has 23 heavy (non-hydrogen) atoms. The van der Waals surface area contributed by atoms with Crippen LogP contribution in [0.5, 0.6) is 5.88 Å². The number of carboxylic acid groups (broad SMARTS) is 1. The molecule has 0 saturated carbocycles. The highest BCUT2D eigenvalue weighted by atomic mass is 16.5. The predicted octanol–water partition coefficient (Wildman–Crippen LogP) is 2.09. The van der Waals surface area contributed by atoms with Gasteiger partial charge in [0, 0.05) is 32.0 Å². The number of carboxylic acids is 1. The maximum Gasteiger partial charge on any atom is 0.335 e. The van der Waals surface area contributed by atoms with E-state index >= 15 is 0 Å². The summed E-state index contributed by atoms with van der Waals surface area (Å²) in [4.78, 5) is 15.2. The Balaban J connectivity index is 1.91. The van der Waals surface area contributed by atoms with Gasteiger partial charge in [0.25, 0.3) is 0 Å². The van der Waals surface area contributed by atoms with E-state index in [4.69, 9.17) is 14.6 Å². The van der Waals surface area contributed by atoms with Gasteiger partial charge in [-0.3, -0.25) is 0 Å². The molecule has 122 valence electrons. The van der Waals surface area contributed by atoms with E-state index in [9.17, 15) is 4.79 Å². The zero-order chi connectivity index (χ0) is 16.5. The number of nitrogens with zero attached hydrogens (tertiary/aromatic N) is 1. The lowest BCUT2D eigenvalue weighted by Gasteiger charge is -2.11. The molecule has 2 aromatic rings. The Hall–Kier alpha value is -2.44. The van der Waals surface area contributed by atoms with Crippen molar-refractivity contribution >= 4 is 5.97 Å². The van der Waals surface area contributed by atoms with Crippen LogP contribution in [-0.2, 0) is 17.8 Å². The summed E-state index contributed by atoms with van der Waals surface area (Å²) >= 11 is 0. The van der Waals surface area contributed by atoms with Crippen molar-refractivity contribution in [3.8, 4) is 5.88 Å². The number of hydrogen-bond donors (Lipinski definition) is 2. The summed E-state index contributed by atoms with van der Waals surface area (Å²) in [5, 5.41) is 12.3. The monoisotopic (exact) mass is 316 g/mol.